The number of nitrogens with zero attached hydrogens (tertiary/aromatic N) is 3. The summed E-state index contributed by atoms with van der Waals surface area (Å²) < 4.78 is 4.71. The topological polar surface area (TPSA) is 48.2 Å². The molecule has 2 rings (SSSR count). The molecule has 0 aliphatic carbocycles. The van der Waals surface area contributed by atoms with Gasteiger partial charge in [-0.25, -0.2) is 9.13 Å². The first-order valence-corrected chi connectivity index (χ1v) is 7.95. The Bertz CT molecular complexity index is 604. The summed E-state index contributed by atoms with van der Waals surface area (Å²) >= 11 is 0. The summed E-state index contributed by atoms with van der Waals surface area (Å²) in [7, 11) is 6.24. The zero-order chi connectivity index (χ0) is 16.9. The number of aliphatic hydroxyl groups excluding tert-OH is 2. The van der Waals surface area contributed by atoms with E-state index < -0.39 is 0 Å². The fraction of sp³-hybridized carbons (Fsp3) is 0.444. The molecule has 1 unspecified atom stereocenters. The second kappa shape index (κ2) is 7.64. The van der Waals surface area contributed by atoms with Gasteiger partial charge in [-0.3, -0.25) is 0 Å². The van der Waals surface area contributed by atoms with Crippen molar-refractivity contribution < 1.29 is 23.8 Å². The molecule has 0 aliphatic heterocycles. The standard InChI is InChI=1S/C18H28N3O2/c1-21(2,3)15-18(23)14-20-10-6-17(7-11-20)16-4-8-19(9-5-16)12-13-22/h4-11,18,22-23H,12-15H2,1-3H3/q+3. The fourth-order valence-corrected chi connectivity index (χ4v) is 2.62. The number of aliphatic hydroxyl groups is 2. The molecule has 124 valence electrons. The molecule has 1 atom stereocenters. The number of rotatable bonds is 7. The number of pyridine rings is 2. The molecular formula is C18H28N3O2+3. The molecule has 2 N–H and O–H groups in total. The minimum atomic E-state index is -0.361. The zero-order valence-electron chi connectivity index (χ0n) is 14.3. The highest BCUT2D eigenvalue weighted by Crippen LogP contribution is 2.15. The molecule has 2 aromatic rings. The van der Waals surface area contributed by atoms with E-state index in [2.05, 4.69) is 33.3 Å². The molecule has 0 saturated carbocycles. The summed E-state index contributed by atoms with van der Waals surface area (Å²) in [5.74, 6) is 0. The highest BCUT2D eigenvalue weighted by molar-refractivity contribution is 5.60. The lowest BCUT2D eigenvalue weighted by Gasteiger charge is -2.25. The van der Waals surface area contributed by atoms with Crippen LogP contribution in [-0.2, 0) is 13.1 Å². The van der Waals surface area contributed by atoms with Crippen molar-refractivity contribution in [3.05, 3.63) is 49.1 Å². The van der Waals surface area contributed by atoms with Crippen molar-refractivity contribution in [1.29, 1.82) is 0 Å². The molecule has 5 heteroatoms. The van der Waals surface area contributed by atoms with Gasteiger partial charge in [-0.15, -0.1) is 0 Å². The van der Waals surface area contributed by atoms with Gasteiger partial charge in [-0.1, -0.05) is 0 Å². The Balaban J connectivity index is 2.01. The van der Waals surface area contributed by atoms with Gasteiger partial charge in [-0.05, 0) is 11.1 Å². The van der Waals surface area contributed by atoms with E-state index in [1.165, 1.54) is 0 Å². The fourth-order valence-electron chi connectivity index (χ4n) is 2.62. The van der Waals surface area contributed by atoms with Gasteiger partial charge in [0.2, 0.25) is 0 Å². The first kappa shape index (κ1) is 17.5. The van der Waals surface area contributed by atoms with Crippen molar-refractivity contribution in [3.63, 3.8) is 0 Å². The van der Waals surface area contributed by atoms with Crippen LogP contribution in [-0.4, -0.2) is 55.1 Å². The van der Waals surface area contributed by atoms with E-state index in [9.17, 15) is 5.11 Å². The summed E-state index contributed by atoms with van der Waals surface area (Å²) in [6.07, 6.45) is 7.58. The average molecular weight is 318 g/mol. The van der Waals surface area contributed by atoms with E-state index in [1.807, 2.05) is 46.1 Å². The molecule has 2 aromatic heterocycles. The third-order valence-electron chi connectivity index (χ3n) is 3.65. The second-order valence-electron chi connectivity index (χ2n) is 6.96. The number of quaternary nitrogens is 1. The smallest absolute Gasteiger partial charge is 0.179 e. The molecule has 0 radical (unpaired) electrons. The van der Waals surface area contributed by atoms with E-state index in [4.69, 9.17) is 5.11 Å². The third-order valence-corrected chi connectivity index (χ3v) is 3.65. The molecule has 0 saturated heterocycles. The summed E-state index contributed by atoms with van der Waals surface area (Å²) in [5.41, 5.74) is 2.27. The Hall–Kier alpha value is -1.82. The van der Waals surface area contributed by atoms with Crippen molar-refractivity contribution in [2.75, 3.05) is 34.3 Å². The van der Waals surface area contributed by atoms with Gasteiger partial charge in [0.1, 0.15) is 13.2 Å². The maximum atomic E-state index is 10.1. The SMILES string of the molecule is C[N+](C)(C)CC(O)C[n+]1ccc(-c2cc[n+](CCO)cc2)cc1. The van der Waals surface area contributed by atoms with Crippen molar-refractivity contribution in [3.8, 4) is 11.1 Å². The minimum Gasteiger partial charge on any atom is -0.390 e. The monoisotopic (exact) mass is 318 g/mol. The van der Waals surface area contributed by atoms with Crippen LogP contribution in [0.1, 0.15) is 0 Å². The van der Waals surface area contributed by atoms with Crippen LogP contribution in [0.4, 0.5) is 0 Å². The first-order valence-electron chi connectivity index (χ1n) is 7.95. The number of hydrogen-bond acceptors (Lipinski definition) is 2. The molecule has 0 aromatic carbocycles. The van der Waals surface area contributed by atoms with Crippen LogP contribution in [0.5, 0.6) is 0 Å². The van der Waals surface area contributed by atoms with Gasteiger partial charge in [0.05, 0.1) is 21.1 Å². The van der Waals surface area contributed by atoms with Crippen LogP contribution in [0, 0.1) is 0 Å². The molecule has 0 aliphatic rings. The van der Waals surface area contributed by atoms with E-state index in [0.29, 0.717) is 13.1 Å². The predicted octanol–water partition coefficient (Wildman–Crippen LogP) is -0.0120. The van der Waals surface area contributed by atoms with Crippen LogP contribution in [0.3, 0.4) is 0 Å². The van der Waals surface area contributed by atoms with Crippen LogP contribution in [0.25, 0.3) is 11.1 Å². The predicted molar refractivity (Wildman–Crippen MR) is 88.3 cm³/mol. The first-order chi connectivity index (χ1) is 10.9. The van der Waals surface area contributed by atoms with Crippen LogP contribution in [0.15, 0.2) is 49.1 Å². The van der Waals surface area contributed by atoms with Gasteiger partial charge in [0, 0.05) is 24.3 Å². The molecule has 0 fully saturated rings. The Kier molecular flexibility index (Phi) is 5.82. The molecule has 0 amide bonds. The molecule has 23 heavy (non-hydrogen) atoms. The van der Waals surface area contributed by atoms with Gasteiger partial charge >= 0.3 is 0 Å². The number of aromatic nitrogens is 2. The quantitative estimate of drug-likeness (QED) is 0.557. The lowest BCUT2D eigenvalue weighted by molar-refractivity contribution is -0.877. The van der Waals surface area contributed by atoms with Gasteiger partial charge in [0.15, 0.2) is 44.0 Å². The Morgan fingerprint density at radius 2 is 1.39 bits per heavy atom. The molecular weight excluding hydrogens is 290 g/mol. The van der Waals surface area contributed by atoms with Crippen LogP contribution in [0.2, 0.25) is 0 Å². The van der Waals surface area contributed by atoms with E-state index >= 15 is 0 Å². The number of likely N-dealkylation sites (N-methyl/N-ethyl adjacent to an activating group) is 1. The number of hydrogen-bond donors (Lipinski definition) is 2. The Labute approximate surface area is 138 Å². The second-order valence-corrected chi connectivity index (χ2v) is 6.96. The van der Waals surface area contributed by atoms with Crippen molar-refractivity contribution in [1.82, 2.24) is 0 Å². The minimum absolute atomic E-state index is 0.144. The summed E-state index contributed by atoms with van der Waals surface area (Å²) in [6.45, 7) is 2.07. The molecule has 0 spiro atoms. The maximum Gasteiger partial charge on any atom is 0.179 e. The zero-order valence-corrected chi connectivity index (χ0v) is 14.3. The lowest BCUT2D eigenvalue weighted by Crippen LogP contribution is -2.48. The normalized spacial score (nSPS) is 13.1. The highest BCUT2D eigenvalue weighted by atomic mass is 16.3. The lowest BCUT2D eigenvalue weighted by atomic mass is 10.1. The third kappa shape index (κ3) is 5.71. The summed E-state index contributed by atoms with van der Waals surface area (Å²) in [4.78, 5) is 0. The van der Waals surface area contributed by atoms with Crippen LogP contribution >= 0.6 is 0 Å². The highest BCUT2D eigenvalue weighted by Gasteiger charge is 2.19. The van der Waals surface area contributed by atoms with E-state index in [0.717, 1.165) is 22.2 Å². The summed E-state index contributed by atoms with van der Waals surface area (Å²) in [6, 6.07) is 8.21. The maximum absolute atomic E-state index is 10.1. The van der Waals surface area contributed by atoms with Gasteiger partial charge < -0.3 is 14.7 Å². The van der Waals surface area contributed by atoms with Gasteiger partial charge in [0.25, 0.3) is 0 Å². The van der Waals surface area contributed by atoms with Crippen LogP contribution < -0.4 is 9.13 Å². The molecule has 2 heterocycles. The Morgan fingerprint density at radius 1 is 0.913 bits per heavy atom. The van der Waals surface area contributed by atoms with Crippen molar-refractivity contribution in [2.24, 2.45) is 0 Å². The molecule has 5 nitrogen and oxygen atoms in total. The Morgan fingerprint density at radius 3 is 1.83 bits per heavy atom. The summed E-state index contributed by atoms with van der Waals surface area (Å²) in [5, 5.41) is 19.1. The van der Waals surface area contributed by atoms with Crippen molar-refractivity contribution >= 4 is 0 Å². The molecule has 0 bridgehead atoms. The van der Waals surface area contributed by atoms with Gasteiger partial charge in [-0.2, -0.15) is 0 Å². The average Bonchev–Trinajstić information content (AvgIpc) is 2.47. The van der Waals surface area contributed by atoms with E-state index in [-0.39, 0.29) is 12.7 Å². The van der Waals surface area contributed by atoms with Crippen molar-refractivity contribution in [2.45, 2.75) is 19.2 Å². The largest absolute Gasteiger partial charge is 0.390 e. The van der Waals surface area contributed by atoms with E-state index in [1.54, 1.807) is 0 Å².